The molecular weight excluding hydrogens is 339 g/mol. The van der Waals surface area contributed by atoms with Gasteiger partial charge in [-0.1, -0.05) is 29.3 Å². The fourth-order valence-electron chi connectivity index (χ4n) is 1.98. The summed E-state index contributed by atoms with van der Waals surface area (Å²) < 4.78 is 10.4. The molecule has 0 spiro atoms. The van der Waals surface area contributed by atoms with Crippen LogP contribution in [-0.2, 0) is 0 Å². The van der Waals surface area contributed by atoms with Gasteiger partial charge in [0.15, 0.2) is 0 Å². The molecule has 0 aliphatic carbocycles. The fraction of sp³-hybridized carbons (Fsp3) is 0.188. The molecule has 0 atom stereocenters. The second-order valence-corrected chi connectivity index (χ2v) is 5.49. The van der Waals surface area contributed by atoms with Gasteiger partial charge in [-0.05, 0) is 30.7 Å². The minimum atomic E-state index is -0.435. The van der Waals surface area contributed by atoms with Crippen molar-refractivity contribution >= 4 is 40.6 Å². The molecule has 0 aliphatic rings. The van der Waals surface area contributed by atoms with Crippen LogP contribution in [-0.4, -0.2) is 20.3 Å². The minimum Gasteiger partial charge on any atom is -0.495 e. The van der Waals surface area contributed by atoms with Crippen LogP contribution in [0.3, 0.4) is 0 Å². The number of hydrogen-bond acceptors (Lipinski definition) is 3. The average molecular weight is 355 g/mol. The molecule has 0 unspecified atom stereocenters. The molecule has 2 rings (SSSR count). The summed E-state index contributed by atoms with van der Waals surface area (Å²) in [4.78, 5) is 12.2. The molecule has 7 heteroatoms. The number of benzene rings is 2. The highest BCUT2D eigenvalue weighted by Gasteiger charge is 2.13. The highest BCUT2D eigenvalue weighted by molar-refractivity contribution is 6.32. The molecule has 2 N–H and O–H groups in total. The number of carbonyl (C=O) groups excluding carboxylic acids is 1. The summed E-state index contributed by atoms with van der Waals surface area (Å²) in [6.07, 6.45) is 0. The number of ether oxygens (including phenoxy) is 2. The van der Waals surface area contributed by atoms with E-state index < -0.39 is 6.03 Å². The molecule has 0 saturated heterocycles. The molecule has 0 saturated carbocycles. The number of methoxy groups -OCH3 is 2. The molecule has 0 heterocycles. The first-order chi connectivity index (χ1) is 11.0. The van der Waals surface area contributed by atoms with Gasteiger partial charge in [-0.15, -0.1) is 0 Å². The standard InChI is InChI=1S/C16H16Cl2N2O3/c1-9-10(17)5-4-6-12(9)19-16(21)20-13-7-11(18)14(22-2)8-15(13)23-3/h4-8H,1-3H3,(H2,19,20,21). The van der Waals surface area contributed by atoms with Crippen molar-refractivity contribution in [2.45, 2.75) is 6.92 Å². The van der Waals surface area contributed by atoms with E-state index in [1.807, 2.05) is 6.92 Å². The summed E-state index contributed by atoms with van der Waals surface area (Å²) in [6.45, 7) is 1.82. The fourth-order valence-corrected chi connectivity index (χ4v) is 2.39. The Bertz CT molecular complexity index is 736. The molecule has 2 amide bonds. The molecule has 0 radical (unpaired) electrons. The highest BCUT2D eigenvalue weighted by Crippen LogP contribution is 2.36. The van der Waals surface area contributed by atoms with Gasteiger partial charge in [0.25, 0.3) is 0 Å². The second-order valence-electron chi connectivity index (χ2n) is 4.68. The van der Waals surface area contributed by atoms with Crippen LogP contribution in [0.25, 0.3) is 0 Å². The molecule has 2 aromatic carbocycles. The van der Waals surface area contributed by atoms with Gasteiger partial charge in [-0.25, -0.2) is 4.79 Å². The third kappa shape index (κ3) is 4.00. The molecular formula is C16H16Cl2N2O3. The molecule has 0 aliphatic heterocycles. The Morgan fingerprint density at radius 3 is 2.26 bits per heavy atom. The van der Waals surface area contributed by atoms with E-state index in [0.717, 1.165) is 5.56 Å². The zero-order valence-corrected chi connectivity index (χ0v) is 14.4. The first-order valence-electron chi connectivity index (χ1n) is 6.71. The van der Waals surface area contributed by atoms with Crippen molar-refractivity contribution in [2.24, 2.45) is 0 Å². The maximum atomic E-state index is 12.2. The zero-order chi connectivity index (χ0) is 17.0. The number of amides is 2. The maximum absolute atomic E-state index is 12.2. The van der Waals surface area contributed by atoms with Gasteiger partial charge >= 0.3 is 6.03 Å². The summed E-state index contributed by atoms with van der Waals surface area (Å²) in [5, 5.41) is 6.37. The SMILES string of the molecule is COc1cc(OC)c(NC(=O)Nc2cccc(Cl)c2C)cc1Cl. The van der Waals surface area contributed by atoms with Crippen molar-refractivity contribution < 1.29 is 14.3 Å². The van der Waals surface area contributed by atoms with E-state index in [2.05, 4.69) is 10.6 Å². The van der Waals surface area contributed by atoms with Gasteiger partial charge < -0.3 is 20.1 Å². The number of halogens is 2. The molecule has 2 aromatic rings. The molecule has 0 fully saturated rings. The van der Waals surface area contributed by atoms with Crippen molar-refractivity contribution in [3.05, 3.63) is 45.9 Å². The van der Waals surface area contributed by atoms with E-state index in [9.17, 15) is 4.79 Å². The zero-order valence-electron chi connectivity index (χ0n) is 12.9. The summed E-state index contributed by atoms with van der Waals surface area (Å²) in [6, 6.07) is 8.00. The Labute approximate surface area is 144 Å². The summed E-state index contributed by atoms with van der Waals surface area (Å²) in [5.74, 6) is 0.893. The van der Waals surface area contributed by atoms with Crippen molar-refractivity contribution in [2.75, 3.05) is 24.9 Å². The molecule has 0 bridgehead atoms. The average Bonchev–Trinajstić information content (AvgIpc) is 2.52. The van der Waals surface area contributed by atoms with Gasteiger partial charge in [0.1, 0.15) is 11.5 Å². The lowest BCUT2D eigenvalue weighted by molar-refractivity contribution is 0.262. The molecule has 5 nitrogen and oxygen atoms in total. The van der Waals surface area contributed by atoms with Crippen molar-refractivity contribution in [3.63, 3.8) is 0 Å². The maximum Gasteiger partial charge on any atom is 0.323 e. The van der Waals surface area contributed by atoms with Crippen molar-refractivity contribution in [1.82, 2.24) is 0 Å². The Morgan fingerprint density at radius 1 is 0.957 bits per heavy atom. The number of hydrogen-bond donors (Lipinski definition) is 2. The van der Waals surface area contributed by atoms with E-state index in [1.54, 1.807) is 30.3 Å². The van der Waals surface area contributed by atoms with Gasteiger partial charge in [-0.3, -0.25) is 0 Å². The van der Waals surface area contributed by atoms with Crippen LogP contribution >= 0.6 is 23.2 Å². The number of nitrogens with one attached hydrogen (secondary N) is 2. The lowest BCUT2D eigenvalue weighted by Crippen LogP contribution is -2.20. The number of carbonyl (C=O) groups is 1. The summed E-state index contributed by atoms with van der Waals surface area (Å²) >= 11 is 12.1. The van der Waals surface area contributed by atoms with Crippen LogP contribution in [0, 0.1) is 6.92 Å². The van der Waals surface area contributed by atoms with Crippen LogP contribution in [0.4, 0.5) is 16.2 Å². The number of anilines is 2. The number of urea groups is 1. The number of rotatable bonds is 4. The third-order valence-corrected chi connectivity index (χ3v) is 3.94. The third-order valence-electron chi connectivity index (χ3n) is 3.24. The van der Waals surface area contributed by atoms with Crippen LogP contribution in [0.2, 0.25) is 10.0 Å². The predicted octanol–water partition coefficient (Wildman–Crippen LogP) is 4.96. The topological polar surface area (TPSA) is 59.6 Å². The van der Waals surface area contributed by atoms with Gasteiger partial charge in [0.2, 0.25) is 0 Å². The van der Waals surface area contributed by atoms with Crippen molar-refractivity contribution in [3.8, 4) is 11.5 Å². The summed E-state index contributed by atoms with van der Waals surface area (Å²) in [5.41, 5.74) is 1.83. The molecule has 23 heavy (non-hydrogen) atoms. The predicted molar refractivity (Wildman–Crippen MR) is 93.4 cm³/mol. The van der Waals surface area contributed by atoms with Crippen LogP contribution in [0.15, 0.2) is 30.3 Å². The summed E-state index contributed by atoms with van der Waals surface area (Å²) in [7, 11) is 3.00. The second kappa shape index (κ2) is 7.44. The van der Waals surface area contributed by atoms with E-state index in [0.29, 0.717) is 32.9 Å². The Morgan fingerprint density at radius 2 is 1.61 bits per heavy atom. The van der Waals surface area contributed by atoms with E-state index >= 15 is 0 Å². The van der Waals surface area contributed by atoms with Gasteiger partial charge in [-0.2, -0.15) is 0 Å². The normalized spacial score (nSPS) is 10.1. The Kier molecular flexibility index (Phi) is 5.58. The van der Waals surface area contributed by atoms with E-state index in [4.69, 9.17) is 32.7 Å². The van der Waals surface area contributed by atoms with E-state index in [1.165, 1.54) is 14.2 Å². The Hall–Kier alpha value is -2.11. The van der Waals surface area contributed by atoms with Crippen LogP contribution in [0.5, 0.6) is 11.5 Å². The van der Waals surface area contributed by atoms with Crippen LogP contribution in [0.1, 0.15) is 5.56 Å². The monoisotopic (exact) mass is 354 g/mol. The molecule has 122 valence electrons. The van der Waals surface area contributed by atoms with Gasteiger partial charge in [0.05, 0.1) is 24.9 Å². The van der Waals surface area contributed by atoms with Crippen LogP contribution < -0.4 is 20.1 Å². The van der Waals surface area contributed by atoms with Gasteiger partial charge in [0, 0.05) is 16.8 Å². The lowest BCUT2D eigenvalue weighted by Gasteiger charge is -2.14. The first-order valence-corrected chi connectivity index (χ1v) is 7.46. The largest absolute Gasteiger partial charge is 0.495 e. The first kappa shape index (κ1) is 17.2. The molecule has 0 aromatic heterocycles. The smallest absolute Gasteiger partial charge is 0.323 e. The quantitative estimate of drug-likeness (QED) is 0.815. The Balaban J connectivity index is 2.20. The van der Waals surface area contributed by atoms with Crippen molar-refractivity contribution in [1.29, 1.82) is 0 Å². The van der Waals surface area contributed by atoms with E-state index in [-0.39, 0.29) is 0 Å². The minimum absolute atomic E-state index is 0.363. The lowest BCUT2D eigenvalue weighted by atomic mass is 10.2. The highest BCUT2D eigenvalue weighted by atomic mass is 35.5.